The van der Waals surface area contributed by atoms with E-state index in [2.05, 4.69) is 12.2 Å². The summed E-state index contributed by atoms with van der Waals surface area (Å²) in [5.74, 6) is 3.97. The second kappa shape index (κ2) is 5.11. The number of anilines is 1. The number of hydrogen-bond acceptors (Lipinski definition) is 3. The van der Waals surface area contributed by atoms with Crippen LogP contribution in [0.25, 0.3) is 0 Å². The SMILES string of the molecule is NNC(=S)C(=O)Nc1ccccc1C(F)(F)F. The van der Waals surface area contributed by atoms with E-state index in [1.165, 1.54) is 12.1 Å². The van der Waals surface area contributed by atoms with Gasteiger partial charge in [-0.15, -0.1) is 0 Å². The summed E-state index contributed by atoms with van der Waals surface area (Å²) in [6.07, 6.45) is -4.55. The number of halogens is 3. The van der Waals surface area contributed by atoms with E-state index in [1.807, 2.05) is 10.7 Å². The fourth-order valence-corrected chi connectivity index (χ4v) is 1.13. The minimum absolute atomic E-state index is 0.373. The average Bonchev–Trinajstić information content (AvgIpc) is 2.27. The summed E-state index contributed by atoms with van der Waals surface area (Å²) in [6.45, 7) is 0. The summed E-state index contributed by atoms with van der Waals surface area (Å²) in [7, 11) is 0. The number of nitrogens with one attached hydrogen (secondary N) is 2. The molecule has 0 aliphatic heterocycles. The zero-order chi connectivity index (χ0) is 13.1. The molecule has 0 saturated carbocycles. The number of amides is 1. The molecule has 1 aromatic rings. The molecule has 1 amide bonds. The Morgan fingerprint density at radius 2 is 1.88 bits per heavy atom. The maximum absolute atomic E-state index is 12.6. The molecule has 0 unspecified atom stereocenters. The number of alkyl halides is 3. The number of benzene rings is 1. The number of para-hydroxylation sites is 1. The first kappa shape index (κ1) is 13.4. The highest BCUT2D eigenvalue weighted by atomic mass is 32.1. The van der Waals surface area contributed by atoms with Crippen LogP contribution in [0, 0.1) is 0 Å². The van der Waals surface area contributed by atoms with Gasteiger partial charge < -0.3 is 10.7 Å². The van der Waals surface area contributed by atoms with Crippen LogP contribution >= 0.6 is 12.2 Å². The molecule has 17 heavy (non-hydrogen) atoms. The van der Waals surface area contributed by atoms with Crippen LogP contribution in [0.2, 0.25) is 0 Å². The molecule has 1 aromatic carbocycles. The van der Waals surface area contributed by atoms with Crippen LogP contribution in [-0.2, 0) is 11.0 Å². The highest BCUT2D eigenvalue weighted by molar-refractivity contribution is 7.82. The van der Waals surface area contributed by atoms with Crippen LogP contribution in [0.15, 0.2) is 24.3 Å². The third-order valence-electron chi connectivity index (χ3n) is 1.82. The molecular weight excluding hydrogens is 255 g/mol. The van der Waals surface area contributed by atoms with Crippen molar-refractivity contribution in [1.82, 2.24) is 5.43 Å². The zero-order valence-electron chi connectivity index (χ0n) is 8.34. The van der Waals surface area contributed by atoms with Gasteiger partial charge in [-0.25, -0.2) is 5.84 Å². The molecule has 0 radical (unpaired) electrons. The van der Waals surface area contributed by atoms with E-state index in [1.54, 1.807) is 0 Å². The first-order chi connectivity index (χ1) is 7.86. The quantitative estimate of drug-likeness (QED) is 0.407. The van der Waals surface area contributed by atoms with Gasteiger partial charge in [-0.2, -0.15) is 13.2 Å². The van der Waals surface area contributed by atoms with Crippen LogP contribution in [0.4, 0.5) is 18.9 Å². The van der Waals surface area contributed by atoms with Gasteiger partial charge in [0.1, 0.15) is 0 Å². The molecule has 0 fully saturated rings. The number of hydrazine groups is 1. The third kappa shape index (κ3) is 3.40. The normalized spacial score (nSPS) is 10.8. The second-order valence-electron chi connectivity index (χ2n) is 2.97. The fraction of sp³-hybridized carbons (Fsp3) is 0.111. The Morgan fingerprint density at radius 3 is 2.41 bits per heavy atom. The molecule has 0 saturated heterocycles. The van der Waals surface area contributed by atoms with Crippen LogP contribution < -0.4 is 16.6 Å². The first-order valence-corrected chi connectivity index (χ1v) is 4.75. The third-order valence-corrected chi connectivity index (χ3v) is 2.12. The smallest absolute Gasteiger partial charge is 0.319 e. The molecule has 8 heteroatoms. The van der Waals surface area contributed by atoms with Gasteiger partial charge in [0.25, 0.3) is 5.91 Å². The Kier molecular flexibility index (Phi) is 4.02. The van der Waals surface area contributed by atoms with Gasteiger partial charge in [0, 0.05) is 0 Å². The molecule has 4 nitrogen and oxygen atoms in total. The summed E-state index contributed by atoms with van der Waals surface area (Å²) in [5.41, 5.74) is 0.558. The number of carbonyl (C=O) groups excluding carboxylic acids is 1. The Balaban J connectivity index is 3.00. The Labute approximate surface area is 100.0 Å². The van der Waals surface area contributed by atoms with Gasteiger partial charge in [-0.3, -0.25) is 4.79 Å². The van der Waals surface area contributed by atoms with Gasteiger partial charge >= 0.3 is 6.18 Å². The molecule has 1 rings (SSSR count). The van der Waals surface area contributed by atoms with Gasteiger partial charge in [-0.1, -0.05) is 24.4 Å². The number of thiocarbonyl (C=S) groups is 1. The summed E-state index contributed by atoms with van der Waals surface area (Å²) >= 11 is 4.48. The van der Waals surface area contributed by atoms with Crippen molar-refractivity contribution in [2.75, 3.05) is 5.32 Å². The summed E-state index contributed by atoms with van der Waals surface area (Å²) in [5, 5.41) is 2.03. The van der Waals surface area contributed by atoms with Gasteiger partial charge in [0.05, 0.1) is 11.3 Å². The minimum atomic E-state index is -4.55. The van der Waals surface area contributed by atoms with Gasteiger partial charge in [-0.05, 0) is 12.1 Å². The monoisotopic (exact) mass is 263 g/mol. The van der Waals surface area contributed by atoms with Crippen molar-refractivity contribution in [3.8, 4) is 0 Å². The van der Waals surface area contributed by atoms with E-state index >= 15 is 0 Å². The molecule has 0 aliphatic carbocycles. The molecule has 0 spiro atoms. The van der Waals surface area contributed by atoms with E-state index < -0.39 is 22.6 Å². The van der Waals surface area contributed by atoms with Crippen LogP contribution in [-0.4, -0.2) is 10.9 Å². The van der Waals surface area contributed by atoms with Crippen molar-refractivity contribution in [3.63, 3.8) is 0 Å². The zero-order valence-corrected chi connectivity index (χ0v) is 9.15. The predicted molar refractivity (Wildman–Crippen MR) is 60.0 cm³/mol. The van der Waals surface area contributed by atoms with Crippen molar-refractivity contribution < 1.29 is 18.0 Å². The largest absolute Gasteiger partial charge is 0.418 e. The van der Waals surface area contributed by atoms with Gasteiger partial charge in [0.15, 0.2) is 4.99 Å². The van der Waals surface area contributed by atoms with Crippen LogP contribution in [0.1, 0.15) is 5.56 Å². The molecule has 0 aliphatic rings. The number of rotatable bonds is 1. The molecule has 92 valence electrons. The number of hydrogen-bond donors (Lipinski definition) is 3. The van der Waals surface area contributed by atoms with Crippen molar-refractivity contribution in [3.05, 3.63) is 29.8 Å². The molecule has 0 bridgehead atoms. The van der Waals surface area contributed by atoms with Gasteiger partial charge in [0.2, 0.25) is 0 Å². The lowest BCUT2D eigenvalue weighted by Gasteiger charge is -2.13. The lowest BCUT2D eigenvalue weighted by molar-refractivity contribution is -0.136. The predicted octanol–water partition coefficient (Wildman–Crippen LogP) is 1.43. The lowest BCUT2D eigenvalue weighted by Crippen LogP contribution is -2.38. The Morgan fingerprint density at radius 1 is 1.29 bits per heavy atom. The lowest BCUT2D eigenvalue weighted by atomic mass is 10.1. The standard InChI is InChI=1S/C9H8F3N3OS/c10-9(11,12)5-3-1-2-4-6(5)14-7(16)8(17)15-13/h1-4H,13H2,(H,14,16)(H,15,17). The molecule has 0 atom stereocenters. The van der Waals surface area contributed by atoms with E-state index in [9.17, 15) is 18.0 Å². The van der Waals surface area contributed by atoms with E-state index in [0.717, 1.165) is 12.1 Å². The van der Waals surface area contributed by atoms with E-state index in [4.69, 9.17) is 5.84 Å². The van der Waals surface area contributed by atoms with E-state index in [-0.39, 0.29) is 5.69 Å². The summed E-state index contributed by atoms with van der Waals surface area (Å²) in [4.78, 5) is 10.9. The number of nitrogens with two attached hydrogens (primary N) is 1. The summed E-state index contributed by atoms with van der Waals surface area (Å²) < 4.78 is 37.7. The van der Waals surface area contributed by atoms with Crippen molar-refractivity contribution in [2.45, 2.75) is 6.18 Å². The molecular formula is C9H8F3N3OS. The minimum Gasteiger partial charge on any atom is -0.319 e. The van der Waals surface area contributed by atoms with Crippen molar-refractivity contribution in [2.24, 2.45) is 5.84 Å². The summed E-state index contributed by atoms with van der Waals surface area (Å²) in [6, 6.07) is 4.57. The molecule has 4 N–H and O–H groups in total. The first-order valence-electron chi connectivity index (χ1n) is 4.34. The van der Waals surface area contributed by atoms with Crippen molar-refractivity contribution in [1.29, 1.82) is 0 Å². The fourth-order valence-electron chi connectivity index (χ4n) is 1.08. The maximum Gasteiger partial charge on any atom is 0.418 e. The number of carbonyl (C=O) groups is 1. The second-order valence-corrected chi connectivity index (χ2v) is 3.38. The average molecular weight is 263 g/mol. The maximum atomic E-state index is 12.6. The van der Waals surface area contributed by atoms with E-state index in [0.29, 0.717) is 0 Å². The molecule has 0 aromatic heterocycles. The Hall–Kier alpha value is -1.67. The van der Waals surface area contributed by atoms with Crippen LogP contribution in [0.5, 0.6) is 0 Å². The highest BCUT2D eigenvalue weighted by Gasteiger charge is 2.33. The topological polar surface area (TPSA) is 67.1 Å². The molecule has 0 heterocycles. The Bertz CT molecular complexity index is 447. The highest BCUT2D eigenvalue weighted by Crippen LogP contribution is 2.34. The van der Waals surface area contributed by atoms with Crippen LogP contribution in [0.3, 0.4) is 0 Å². The van der Waals surface area contributed by atoms with Crippen molar-refractivity contribution >= 4 is 28.8 Å².